The van der Waals surface area contributed by atoms with Crippen LogP contribution in [0.5, 0.6) is 11.5 Å². The van der Waals surface area contributed by atoms with Crippen LogP contribution in [-0.4, -0.2) is 40.2 Å². The van der Waals surface area contributed by atoms with E-state index in [1.165, 1.54) is 7.11 Å². The molecule has 1 aliphatic rings. The molecule has 1 heterocycles. The van der Waals surface area contributed by atoms with Gasteiger partial charge in [-0.1, -0.05) is 11.6 Å². The first kappa shape index (κ1) is 15.3. The summed E-state index contributed by atoms with van der Waals surface area (Å²) in [5, 5.41) is 3.67. The van der Waals surface area contributed by atoms with Crippen LogP contribution < -0.4 is 14.8 Å². The number of benzene rings is 1. The number of ether oxygens (including phenoxy) is 2. The van der Waals surface area contributed by atoms with Gasteiger partial charge in [-0.3, -0.25) is 0 Å². The lowest BCUT2D eigenvalue weighted by Gasteiger charge is -2.25. The highest BCUT2D eigenvalue weighted by Crippen LogP contribution is 2.36. The lowest BCUT2D eigenvalue weighted by atomic mass is 10.1. The summed E-state index contributed by atoms with van der Waals surface area (Å²) < 4.78 is 33.8. The molecule has 7 heteroatoms. The van der Waals surface area contributed by atoms with Crippen LogP contribution in [0.25, 0.3) is 0 Å². The van der Waals surface area contributed by atoms with Gasteiger partial charge in [0.25, 0.3) is 0 Å². The summed E-state index contributed by atoms with van der Waals surface area (Å²) in [6.07, 6.45) is 1.49. The molecule has 1 atom stereocenters. The predicted octanol–water partition coefficient (Wildman–Crippen LogP) is 2.35. The Kier molecular flexibility index (Phi) is 4.65. The molecule has 0 radical (unpaired) electrons. The fraction of sp³-hybridized carbons (Fsp3) is 0.538. The number of nitrogens with one attached hydrogen (secondary N) is 1. The first-order valence-electron chi connectivity index (χ1n) is 6.33. The Morgan fingerprint density at radius 1 is 1.25 bits per heavy atom. The third kappa shape index (κ3) is 3.49. The summed E-state index contributed by atoms with van der Waals surface area (Å²) in [5.74, 6) is 1.50. The summed E-state index contributed by atoms with van der Waals surface area (Å²) >= 11 is 6.04. The van der Waals surface area contributed by atoms with Crippen molar-refractivity contribution in [1.29, 1.82) is 0 Å². The first-order chi connectivity index (χ1) is 9.45. The van der Waals surface area contributed by atoms with Crippen LogP contribution in [0, 0.1) is 0 Å². The molecule has 1 N–H and O–H groups in total. The monoisotopic (exact) mass is 319 g/mol. The molecule has 1 fully saturated rings. The van der Waals surface area contributed by atoms with Crippen LogP contribution in [0.3, 0.4) is 0 Å². The molecule has 0 spiro atoms. The summed E-state index contributed by atoms with van der Waals surface area (Å²) in [4.78, 5) is 0. The van der Waals surface area contributed by atoms with Gasteiger partial charge in [-0.25, -0.2) is 8.42 Å². The molecule has 0 saturated carbocycles. The van der Waals surface area contributed by atoms with Crippen LogP contribution in [0.1, 0.15) is 12.8 Å². The second-order valence-electron chi connectivity index (χ2n) is 4.78. The molecule has 0 aliphatic carbocycles. The Morgan fingerprint density at radius 2 is 1.95 bits per heavy atom. The molecule has 0 aromatic heterocycles. The second-order valence-corrected chi connectivity index (χ2v) is 7.42. The van der Waals surface area contributed by atoms with E-state index in [0.29, 0.717) is 28.6 Å². The standard InChI is InChI=1S/C13H18ClNO4S/c1-18-12-7-11(13(19-2)6-10(12)14)15-9-4-3-5-20(16,17)8-9/h6-7,9,15H,3-5,8H2,1-2H3. The minimum absolute atomic E-state index is 0.117. The van der Waals surface area contributed by atoms with E-state index in [2.05, 4.69) is 5.32 Å². The van der Waals surface area contributed by atoms with E-state index in [1.54, 1.807) is 19.2 Å². The van der Waals surface area contributed by atoms with E-state index in [-0.39, 0.29) is 17.5 Å². The Bertz CT molecular complexity index is 588. The minimum atomic E-state index is -2.96. The van der Waals surface area contributed by atoms with Crippen LogP contribution in [-0.2, 0) is 9.84 Å². The highest BCUT2D eigenvalue weighted by molar-refractivity contribution is 7.91. The lowest BCUT2D eigenvalue weighted by molar-refractivity contribution is 0.404. The topological polar surface area (TPSA) is 64.6 Å². The van der Waals surface area contributed by atoms with Gasteiger partial charge < -0.3 is 14.8 Å². The Balaban J connectivity index is 2.23. The van der Waals surface area contributed by atoms with Gasteiger partial charge in [-0.05, 0) is 12.8 Å². The number of sulfone groups is 1. The van der Waals surface area contributed by atoms with Crippen LogP contribution >= 0.6 is 11.6 Å². The van der Waals surface area contributed by atoms with Crippen LogP contribution in [0.2, 0.25) is 5.02 Å². The zero-order valence-electron chi connectivity index (χ0n) is 11.5. The van der Waals surface area contributed by atoms with Gasteiger partial charge >= 0.3 is 0 Å². The molecule has 0 bridgehead atoms. The first-order valence-corrected chi connectivity index (χ1v) is 8.53. The molecule has 112 valence electrons. The van der Waals surface area contributed by atoms with Crippen LogP contribution in [0.4, 0.5) is 5.69 Å². The fourth-order valence-electron chi connectivity index (χ4n) is 2.33. The van der Waals surface area contributed by atoms with Gasteiger partial charge in [0.15, 0.2) is 9.84 Å². The maximum Gasteiger partial charge on any atom is 0.152 e. The maximum atomic E-state index is 11.7. The second kappa shape index (κ2) is 6.10. The number of halogens is 1. The average Bonchev–Trinajstić information content (AvgIpc) is 2.39. The van der Waals surface area contributed by atoms with Crippen molar-refractivity contribution in [1.82, 2.24) is 0 Å². The maximum absolute atomic E-state index is 11.7. The molecular weight excluding hydrogens is 302 g/mol. The normalized spacial score (nSPS) is 21.2. The number of hydrogen-bond donors (Lipinski definition) is 1. The van der Waals surface area contributed by atoms with E-state index in [0.717, 1.165) is 6.42 Å². The molecule has 20 heavy (non-hydrogen) atoms. The summed E-state index contributed by atoms with van der Waals surface area (Å²) in [5.41, 5.74) is 0.691. The number of rotatable bonds is 4. The third-order valence-corrected chi connectivity index (χ3v) is 5.41. The molecule has 1 saturated heterocycles. The minimum Gasteiger partial charge on any atom is -0.495 e. The van der Waals surface area contributed by atoms with Crippen molar-refractivity contribution in [2.24, 2.45) is 0 Å². The summed E-state index contributed by atoms with van der Waals surface area (Å²) in [6.45, 7) is 0. The summed E-state index contributed by atoms with van der Waals surface area (Å²) in [6, 6.07) is 3.26. The molecule has 0 amide bonds. The molecular formula is C13H18ClNO4S. The molecule has 1 aromatic carbocycles. The Labute approximate surface area is 124 Å². The zero-order valence-corrected chi connectivity index (χ0v) is 13.1. The van der Waals surface area contributed by atoms with E-state index in [1.807, 2.05) is 0 Å². The lowest BCUT2D eigenvalue weighted by Crippen LogP contribution is -2.34. The van der Waals surface area contributed by atoms with E-state index in [9.17, 15) is 8.42 Å². The van der Waals surface area contributed by atoms with E-state index < -0.39 is 9.84 Å². The quantitative estimate of drug-likeness (QED) is 0.923. The van der Waals surface area contributed by atoms with Crippen molar-refractivity contribution in [2.45, 2.75) is 18.9 Å². The van der Waals surface area contributed by atoms with Gasteiger partial charge in [0.05, 0.1) is 36.4 Å². The zero-order chi connectivity index (χ0) is 14.8. The van der Waals surface area contributed by atoms with Gasteiger partial charge in [0.2, 0.25) is 0 Å². The molecule has 1 aromatic rings. The largest absolute Gasteiger partial charge is 0.495 e. The molecule has 1 aliphatic heterocycles. The molecule has 1 unspecified atom stereocenters. The van der Waals surface area contributed by atoms with Crippen molar-refractivity contribution >= 4 is 27.1 Å². The molecule has 5 nitrogen and oxygen atoms in total. The highest BCUT2D eigenvalue weighted by atomic mass is 35.5. The van der Waals surface area contributed by atoms with Crippen molar-refractivity contribution in [3.8, 4) is 11.5 Å². The predicted molar refractivity (Wildman–Crippen MR) is 79.9 cm³/mol. The SMILES string of the molecule is COc1cc(NC2CCCS(=O)(=O)C2)c(OC)cc1Cl. The van der Waals surface area contributed by atoms with Crippen molar-refractivity contribution in [2.75, 3.05) is 31.0 Å². The fourth-order valence-corrected chi connectivity index (χ4v) is 4.20. The van der Waals surface area contributed by atoms with E-state index >= 15 is 0 Å². The Morgan fingerprint density at radius 3 is 2.55 bits per heavy atom. The number of hydrogen-bond acceptors (Lipinski definition) is 5. The number of anilines is 1. The van der Waals surface area contributed by atoms with Crippen molar-refractivity contribution in [3.63, 3.8) is 0 Å². The third-order valence-electron chi connectivity index (χ3n) is 3.30. The van der Waals surface area contributed by atoms with Crippen molar-refractivity contribution < 1.29 is 17.9 Å². The Hall–Kier alpha value is -1.14. The summed E-state index contributed by atoms with van der Waals surface area (Å²) in [7, 11) is 0.117. The van der Waals surface area contributed by atoms with Crippen LogP contribution in [0.15, 0.2) is 12.1 Å². The average molecular weight is 320 g/mol. The molecule has 2 rings (SSSR count). The number of methoxy groups -OCH3 is 2. The van der Waals surface area contributed by atoms with Gasteiger partial charge in [0, 0.05) is 18.2 Å². The van der Waals surface area contributed by atoms with Crippen molar-refractivity contribution in [3.05, 3.63) is 17.2 Å². The van der Waals surface area contributed by atoms with Gasteiger partial charge in [0.1, 0.15) is 11.5 Å². The smallest absolute Gasteiger partial charge is 0.152 e. The van der Waals surface area contributed by atoms with Gasteiger partial charge in [-0.15, -0.1) is 0 Å². The highest BCUT2D eigenvalue weighted by Gasteiger charge is 2.25. The van der Waals surface area contributed by atoms with E-state index in [4.69, 9.17) is 21.1 Å². The van der Waals surface area contributed by atoms with Gasteiger partial charge in [-0.2, -0.15) is 0 Å².